The maximum absolute atomic E-state index is 11.0. The highest BCUT2D eigenvalue weighted by Gasteiger charge is 2.15. The summed E-state index contributed by atoms with van der Waals surface area (Å²) in [5, 5.41) is 0. The molecular formula is C12H24O4. The zero-order chi connectivity index (χ0) is 12.4. The third kappa shape index (κ3) is 11.3. The summed E-state index contributed by atoms with van der Waals surface area (Å²) in [6.45, 7) is 7.95. The minimum Gasteiger partial charge on any atom is -0.432 e. The molecule has 0 aromatic rings. The number of unbranched alkanes of at least 4 members (excludes halogenated alkanes) is 4. The molecule has 0 aliphatic heterocycles. The first-order chi connectivity index (χ1) is 7.45. The lowest BCUT2D eigenvalue weighted by molar-refractivity contribution is -0.312. The maximum Gasteiger partial charge on any atom is 0.540 e. The van der Waals surface area contributed by atoms with Crippen molar-refractivity contribution in [3.63, 3.8) is 0 Å². The standard InChI is InChI=1S/C12H24O4/c1-5-6-7-8-9-10-14-11(13)15-16-12(2,3)4/h5-10H2,1-4H3. The average molecular weight is 232 g/mol. The smallest absolute Gasteiger partial charge is 0.432 e. The molecule has 0 amide bonds. The van der Waals surface area contributed by atoms with E-state index >= 15 is 0 Å². The van der Waals surface area contributed by atoms with E-state index < -0.39 is 11.8 Å². The Labute approximate surface area is 98.2 Å². The lowest BCUT2D eigenvalue weighted by Gasteiger charge is -2.16. The van der Waals surface area contributed by atoms with Gasteiger partial charge in [-0.05, 0) is 27.2 Å². The first-order valence-corrected chi connectivity index (χ1v) is 5.98. The van der Waals surface area contributed by atoms with Crippen LogP contribution in [0.25, 0.3) is 0 Å². The highest BCUT2D eigenvalue weighted by Crippen LogP contribution is 2.08. The molecule has 0 spiro atoms. The monoisotopic (exact) mass is 232 g/mol. The van der Waals surface area contributed by atoms with Crippen LogP contribution in [0.4, 0.5) is 4.79 Å². The molecule has 16 heavy (non-hydrogen) atoms. The van der Waals surface area contributed by atoms with E-state index in [4.69, 9.17) is 9.62 Å². The molecule has 0 aliphatic rings. The Hall–Kier alpha value is -0.770. The van der Waals surface area contributed by atoms with E-state index in [1.165, 1.54) is 19.3 Å². The van der Waals surface area contributed by atoms with Crippen molar-refractivity contribution in [2.24, 2.45) is 0 Å². The molecule has 0 aromatic carbocycles. The Morgan fingerprint density at radius 1 is 1.06 bits per heavy atom. The summed E-state index contributed by atoms with van der Waals surface area (Å²) in [5.41, 5.74) is -0.500. The first kappa shape index (κ1) is 15.2. The molecule has 0 rings (SSSR count). The molecule has 0 atom stereocenters. The van der Waals surface area contributed by atoms with E-state index in [0.717, 1.165) is 12.8 Å². The number of carbonyl (C=O) groups is 1. The number of rotatable bonds is 7. The van der Waals surface area contributed by atoms with Gasteiger partial charge in [-0.2, -0.15) is 4.89 Å². The molecule has 0 saturated carbocycles. The van der Waals surface area contributed by atoms with Crippen molar-refractivity contribution in [2.75, 3.05) is 6.61 Å². The van der Waals surface area contributed by atoms with E-state index in [1.54, 1.807) is 20.8 Å². The van der Waals surface area contributed by atoms with Crippen LogP contribution in [0.5, 0.6) is 0 Å². The molecule has 0 aliphatic carbocycles. The van der Waals surface area contributed by atoms with Crippen molar-refractivity contribution in [1.29, 1.82) is 0 Å². The van der Waals surface area contributed by atoms with Crippen LogP contribution in [0.1, 0.15) is 59.8 Å². The molecule has 96 valence electrons. The molecule has 4 nitrogen and oxygen atoms in total. The number of ether oxygens (including phenoxy) is 1. The summed E-state index contributed by atoms with van der Waals surface area (Å²) in [6, 6.07) is 0. The largest absolute Gasteiger partial charge is 0.540 e. The minimum atomic E-state index is -0.759. The molecule has 0 heterocycles. The van der Waals surface area contributed by atoms with Crippen LogP contribution >= 0.6 is 0 Å². The van der Waals surface area contributed by atoms with Crippen LogP contribution in [-0.2, 0) is 14.5 Å². The van der Waals surface area contributed by atoms with Gasteiger partial charge in [0, 0.05) is 0 Å². The number of hydrogen-bond donors (Lipinski definition) is 0. The Kier molecular flexibility index (Phi) is 7.99. The van der Waals surface area contributed by atoms with Crippen molar-refractivity contribution in [2.45, 2.75) is 65.4 Å². The highest BCUT2D eigenvalue weighted by molar-refractivity contribution is 5.58. The van der Waals surface area contributed by atoms with Gasteiger partial charge in [0.25, 0.3) is 0 Å². The predicted octanol–water partition coefficient (Wildman–Crippen LogP) is 3.84. The topological polar surface area (TPSA) is 44.8 Å². The lowest BCUT2D eigenvalue weighted by Crippen LogP contribution is -2.22. The van der Waals surface area contributed by atoms with Gasteiger partial charge in [0.15, 0.2) is 0 Å². The summed E-state index contributed by atoms with van der Waals surface area (Å²) in [7, 11) is 0. The van der Waals surface area contributed by atoms with Gasteiger partial charge in [0.1, 0.15) is 5.60 Å². The normalized spacial score (nSPS) is 11.2. The van der Waals surface area contributed by atoms with Crippen LogP contribution in [0, 0.1) is 0 Å². The Bertz CT molecular complexity index is 184. The van der Waals surface area contributed by atoms with Crippen LogP contribution in [0.15, 0.2) is 0 Å². The van der Waals surface area contributed by atoms with Gasteiger partial charge >= 0.3 is 6.16 Å². The van der Waals surface area contributed by atoms with Crippen molar-refractivity contribution in [1.82, 2.24) is 0 Å². The van der Waals surface area contributed by atoms with E-state index in [2.05, 4.69) is 11.8 Å². The molecule has 0 saturated heterocycles. The Morgan fingerprint density at radius 3 is 2.25 bits per heavy atom. The zero-order valence-electron chi connectivity index (χ0n) is 10.9. The van der Waals surface area contributed by atoms with Crippen molar-refractivity contribution >= 4 is 6.16 Å². The van der Waals surface area contributed by atoms with E-state index in [9.17, 15) is 4.79 Å². The van der Waals surface area contributed by atoms with Crippen molar-refractivity contribution in [3.05, 3.63) is 0 Å². The first-order valence-electron chi connectivity index (χ1n) is 5.98. The second kappa shape index (κ2) is 8.39. The molecule has 4 heteroatoms. The number of carbonyl (C=O) groups excluding carboxylic acids is 1. The van der Waals surface area contributed by atoms with Crippen molar-refractivity contribution < 1.29 is 19.3 Å². The fraction of sp³-hybridized carbons (Fsp3) is 0.917. The van der Waals surface area contributed by atoms with Crippen molar-refractivity contribution in [3.8, 4) is 0 Å². The Morgan fingerprint density at radius 2 is 1.69 bits per heavy atom. The quantitative estimate of drug-likeness (QED) is 0.289. The fourth-order valence-corrected chi connectivity index (χ4v) is 1.04. The zero-order valence-corrected chi connectivity index (χ0v) is 10.9. The van der Waals surface area contributed by atoms with Gasteiger partial charge in [-0.1, -0.05) is 32.6 Å². The van der Waals surface area contributed by atoms with Gasteiger partial charge in [-0.3, -0.25) is 4.89 Å². The molecule has 0 aromatic heterocycles. The van der Waals surface area contributed by atoms with Crippen LogP contribution in [0.2, 0.25) is 0 Å². The molecule has 0 fully saturated rings. The predicted molar refractivity (Wildman–Crippen MR) is 62.0 cm³/mol. The highest BCUT2D eigenvalue weighted by atomic mass is 17.2. The van der Waals surface area contributed by atoms with E-state index in [-0.39, 0.29) is 0 Å². The lowest BCUT2D eigenvalue weighted by atomic mass is 10.2. The van der Waals surface area contributed by atoms with Gasteiger partial charge in [0.05, 0.1) is 6.61 Å². The molecule has 0 unspecified atom stereocenters. The molecule has 0 N–H and O–H groups in total. The Balaban J connectivity index is 3.31. The number of hydrogen-bond acceptors (Lipinski definition) is 4. The summed E-state index contributed by atoms with van der Waals surface area (Å²) in [4.78, 5) is 20.3. The third-order valence-electron chi connectivity index (χ3n) is 1.83. The van der Waals surface area contributed by atoms with Gasteiger partial charge < -0.3 is 4.74 Å². The minimum absolute atomic E-state index is 0.399. The van der Waals surface area contributed by atoms with Crippen LogP contribution in [-0.4, -0.2) is 18.4 Å². The summed E-state index contributed by atoms with van der Waals surface area (Å²) in [6.07, 6.45) is 4.84. The van der Waals surface area contributed by atoms with Crippen LogP contribution < -0.4 is 0 Å². The third-order valence-corrected chi connectivity index (χ3v) is 1.83. The van der Waals surface area contributed by atoms with Gasteiger partial charge in [-0.15, -0.1) is 0 Å². The van der Waals surface area contributed by atoms with E-state index in [0.29, 0.717) is 6.61 Å². The van der Waals surface area contributed by atoms with E-state index in [1.807, 2.05) is 0 Å². The average Bonchev–Trinajstić information content (AvgIpc) is 2.19. The molecule has 0 radical (unpaired) electrons. The van der Waals surface area contributed by atoms with Gasteiger partial charge in [-0.25, -0.2) is 4.79 Å². The summed E-state index contributed by atoms with van der Waals surface area (Å²) >= 11 is 0. The molecule has 0 bridgehead atoms. The second-order valence-electron chi connectivity index (χ2n) is 4.79. The second-order valence-corrected chi connectivity index (χ2v) is 4.79. The maximum atomic E-state index is 11.0. The summed E-state index contributed by atoms with van der Waals surface area (Å²) < 4.78 is 4.83. The SMILES string of the molecule is CCCCCCCOC(=O)OOC(C)(C)C. The van der Waals surface area contributed by atoms with Gasteiger partial charge in [0.2, 0.25) is 0 Å². The fourth-order valence-electron chi connectivity index (χ4n) is 1.04. The summed E-state index contributed by atoms with van der Waals surface area (Å²) in [5.74, 6) is 0. The molecular weight excluding hydrogens is 208 g/mol. The van der Waals surface area contributed by atoms with Crippen LogP contribution in [0.3, 0.4) is 0 Å².